The van der Waals surface area contributed by atoms with Crippen LogP contribution >= 0.6 is 22.6 Å². The highest BCUT2D eigenvalue weighted by molar-refractivity contribution is 14.1. The van der Waals surface area contributed by atoms with Crippen molar-refractivity contribution in [1.29, 1.82) is 0 Å². The Morgan fingerprint density at radius 3 is 2.60 bits per heavy atom. The molecule has 1 saturated carbocycles. The minimum atomic E-state index is 0.662. The topological polar surface area (TPSA) is 54.7 Å². The number of imidazole rings is 1. The predicted octanol–water partition coefficient (Wildman–Crippen LogP) is 4.30. The summed E-state index contributed by atoms with van der Waals surface area (Å²) in [5.41, 5.74) is 8.48. The number of fused-ring (bicyclic) bond motifs is 3. The van der Waals surface area contributed by atoms with Gasteiger partial charge in [-0.15, -0.1) is 0 Å². The summed E-state index contributed by atoms with van der Waals surface area (Å²) < 4.78 is 6.57. The summed E-state index contributed by atoms with van der Waals surface area (Å²) in [7, 11) is 0. The average molecular weight is 377 g/mol. The van der Waals surface area contributed by atoms with E-state index in [9.17, 15) is 0 Å². The van der Waals surface area contributed by atoms with Gasteiger partial charge in [0.2, 0.25) is 0 Å². The molecule has 1 N–H and O–H groups in total. The molecule has 20 heavy (non-hydrogen) atoms. The van der Waals surface area contributed by atoms with E-state index in [-0.39, 0.29) is 0 Å². The molecule has 0 radical (unpaired) electrons. The molecular weight excluding hydrogens is 365 g/mol. The van der Waals surface area contributed by atoms with Gasteiger partial charge in [0, 0.05) is 31.7 Å². The number of H-pyrrole nitrogens is 1. The van der Waals surface area contributed by atoms with Crippen LogP contribution in [0.4, 0.5) is 0 Å². The van der Waals surface area contributed by atoms with Gasteiger partial charge in [0.1, 0.15) is 17.1 Å². The predicted molar refractivity (Wildman–Crippen MR) is 84.8 cm³/mol. The van der Waals surface area contributed by atoms with Crippen LogP contribution in [0.1, 0.15) is 36.0 Å². The van der Waals surface area contributed by atoms with Crippen LogP contribution in [0.5, 0.6) is 0 Å². The number of hydrogen-bond donors (Lipinski definition) is 1. The zero-order valence-electron chi connectivity index (χ0n) is 11.2. The highest BCUT2D eigenvalue weighted by Gasteiger charge is 2.39. The fraction of sp³-hybridized carbons (Fsp3) is 0.333. The summed E-state index contributed by atoms with van der Waals surface area (Å²) in [5.74, 6) is 2.73. The summed E-state index contributed by atoms with van der Waals surface area (Å²) in [6.07, 6.45) is 2.55. The first-order valence-electron chi connectivity index (χ1n) is 6.85. The number of aromatic amines is 1. The number of halogens is 1. The number of benzene rings is 1. The molecule has 0 spiro atoms. The van der Waals surface area contributed by atoms with Crippen molar-refractivity contribution in [1.82, 2.24) is 15.1 Å². The van der Waals surface area contributed by atoms with Crippen LogP contribution in [-0.2, 0) is 0 Å². The molecule has 0 saturated heterocycles. The Kier molecular flexibility index (Phi) is 1.95. The van der Waals surface area contributed by atoms with Gasteiger partial charge in [-0.05, 0) is 49.3 Å². The van der Waals surface area contributed by atoms with E-state index in [1.54, 1.807) is 0 Å². The molecule has 0 unspecified atom stereocenters. The van der Waals surface area contributed by atoms with Crippen molar-refractivity contribution in [3.8, 4) is 22.3 Å². The van der Waals surface area contributed by atoms with Gasteiger partial charge in [-0.1, -0.05) is 5.16 Å². The summed E-state index contributed by atoms with van der Waals surface area (Å²) in [6, 6.07) is 0. The lowest BCUT2D eigenvalue weighted by Crippen LogP contribution is -1.80. The van der Waals surface area contributed by atoms with Gasteiger partial charge < -0.3 is 9.51 Å². The van der Waals surface area contributed by atoms with Crippen molar-refractivity contribution in [2.45, 2.75) is 32.6 Å². The highest BCUT2D eigenvalue weighted by Crippen LogP contribution is 2.60. The van der Waals surface area contributed by atoms with Crippen LogP contribution in [0, 0.1) is 17.4 Å². The third kappa shape index (κ3) is 1.27. The molecule has 100 valence electrons. The summed E-state index contributed by atoms with van der Waals surface area (Å²) in [5, 5.41) is 4.07. The highest BCUT2D eigenvalue weighted by atomic mass is 127. The second-order valence-corrected chi connectivity index (χ2v) is 6.84. The first-order chi connectivity index (χ1) is 9.66. The van der Waals surface area contributed by atoms with Crippen molar-refractivity contribution >= 4 is 33.6 Å². The molecule has 2 aromatic rings. The normalized spacial score (nSPS) is 16.1. The molecular formula is C15H12IN3O. The molecule has 0 bridgehead atoms. The van der Waals surface area contributed by atoms with Crippen molar-refractivity contribution in [2.75, 3.05) is 0 Å². The first kappa shape index (κ1) is 11.3. The van der Waals surface area contributed by atoms with E-state index >= 15 is 0 Å². The van der Waals surface area contributed by atoms with E-state index in [0.29, 0.717) is 5.92 Å². The van der Waals surface area contributed by atoms with Gasteiger partial charge in [-0.2, -0.15) is 0 Å². The van der Waals surface area contributed by atoms with Gasteiger partial charge in [0.25, 0.3) is 0 Å². The number of rotatable bonds is 2. The molecule has 4 nitrogen and oxygen atoms in total. The largest absolute Gasteiger partial charge is 0.361 e. The van der Waals surface area contributed by atoms with Crippen LogP contribution in [0.2, 0.25) is 0 Å². The summed E-state index contributed by atoms with van der Waals surface area (Å²) in [4.78, 5) is 8.32. The molecule has 3 aliphatic rings. The number of aromatic nitrogens is 3. The Balaban J connectivity index is 1.77. The molecule has 0 amide bonds. The molecule has 5 heteroatoms. The van der Waals surface area contributed by atoms with E-state index in [0.717, 1.165) is 22.5 Å². The standard InChI is InChI=1S/C15H12IN3O/c1-5-8(6(2)20-19-5)9-10-11(9)13-14(12(10)16)18-15(17-13)7-3-4-7/h7H,3-4H2,1-2H3,(H,17,18). The monoisotopic (exact) mass is 377 g/mol. The Labute approximate surface area is 129 Å². The van der Waals surface area contributed by atoms with Gasteiger partial charge in [0.15, 0.2) is 0 Å². The second kappa shape index (κ2) is 3.44. The lowest BCUT2D eigenvalue weighted by molar-refractivity contribution is 0.393. The van der Waals surface area contributed by atoms with Gasteiger partial charge in [0.05, 0.1) is 11.2 Å². The lowest BCUT2D eigenvalue weighted by atomic mass is 10.1. The molecule has 5 rings (SSSR count). The Bertz CT molecular complexity index is 882. The first-order valence-corrected chi connectivity index (χ1v) is 7.93. The Morgan fingerprint density at radius 2 is 1.95 bits per heavy atom. The molecule has 0 atom stereocenters. The lowest BCUT2D eigenvalue weighted by Gasteiger charge is -1.90. The second-order valence-electron chi connectivity index (χ2n) is 5.76. The SMILES string of the molecule is Cc1noc(C)c1-c1c2c(I)c3nc(C4CC4)[nH]c3c1-2. The van der Waals surface area contributed by atoms with Gasteiger partial charge in [-0.3, -0.25) is 0 Å². The zero-order chi connectivity index (χ0) is 13.6. The van der Waals surface area contributed by atoms with Crippen molar-refractivity contribution in [2.24, 2.45) is 0 Å². The molecule has 1 fully saturated rings. The van der Waals surface area contributed by atoms with Crippen LogP contribution in [-0.4, -0.2) is 15.1 Å². The Hall–Kier alpha value is -1.37. The molecule has 3 aliphatic carbocycles. The fourth-order valence-corrected chi connectivity index (χ4v) is 4.08. The van der Waals surface area contributed by atoms with Crippen molar-refractivity contribution in [3.63, 3.8) is 0 Å². The maximum Gasteiger partial charge on any atom is 0.141 e. The van der Waals surface area contributed by atoms with E-state index < -0.39 is 0 Å². The third-order valence-corrected chi connectivity index (χ3v) is 5.38. The quantitative estimate of drug-likeness (QED) is 0.530. The van der Waals surface area contributed by atoms with E-state index in [4.69, 9.17) is 9.51 Å². The smallest absolute Gasteiger partial charge is 0.141 e. The molecule has 2 aromatic heterocycles. The van der Waals surface area contributed by atoms with Crippen LogP contribution in [0.15, 0.2) is 4.52 Å². The fourth-order valence-electron chi connectivity index (χ4n) is 3.15. The number of aryl methyl sites for hydroxylation is 2. The van der Waals surface area contributed by atoms with Crippen molar-refractivity contribution < 1.29 is 4.52 Å². The van der Waals surface area contributed by atoms with E-state index in [1.807, 2.05) is 13.8 Å². The average Bonchev–Trinajstić information content (AvgIpc) is 3.30. The minimum Gasteiger partial charge on any atom is -0.361 e. The summed E-state index contributed by atoms with van der Waals surface area (Å²) in [6.45, 7) is 3.98. The minimum absolute atomic E-state index is 0.662. The maximum absolute atomic E-state index is 5.30. The molecule has 2 heterocycles. The molecule has 0 aromatic carbocycles. The van der Waals surface area contributed by atoms with Crippen LogP contribution in [0.3, 0.4) is 0 Å². The Morgan fingerprint density at radius 1 is 1.15 bits per heavy atom. The van der Waals surface area contributed by atoms with Gasteiger partial charge >= 0.3 is 0 Å². The summed E-state index contributed by atoms with van der Waals surface area (Å²) >= 11 is 2.42. The van der Waals surface area contributed by atoms with E-state index in [2.05, 4.69) is 32.7 Å². The van der Waals surface area contributed by atoms with Gasteiger partial charge in [-0.25, -0.2) is 4.98 Å². The maximum atomic E-state index is 5.30. The van der Waals surface area contributed by atoms with Crippen LogP contribution in [0.25, 0.3) is 33.3 Å². The molecule has 0 aliphatic heterocycles. The number of nitrogens with zero attached hydrogens (tertiary/aromatic N) is 2. The third-order valence-electron chi connectivity index (χ3n) is 4.33. The van der Waals surface area contributed by atoms with Crippen LogP contribution < -0.4 is 0 Å². The number of nitrogens with one attached hydrogen (secondary N) is 1. The van der Waals surface area contributed by atoms with E-state index in [1.165, 1.54) is 44.4 Å². The van der Waals surface area contributed by atoms with Crippen molar-refractivity contribution in [3.05, 3.63) is 20.8 Å². The number of hydrogen-bond acceptors (Lipinski definition) is 3. The zero-order valence-corrected chi connectivity index (χ0v) is 13.3.